The summed E-state index contributed by atoms with van der Waals surface area (Å²) in [7, 11) is 0. The highest BCUT2D eigenvalue weighted by molar-refractivity contribution is 5.06. The van der Waals surface area contributed by atoms with Crippen molar-refractivity contribution >= 4 is 0 Å². The van der Waals surface area contributed by atoms with Crippen LogP contribution in [0.4, 0.5) is 0 Å². The summed E-state index contributed by atoms with van der Waals surface area (Å²) in [6, 6.07) is 3.91. The van der Waals surface area contributed by atoms with Crippen LogP contribution < -0.4 is 5.73 Å². The maximum atomic E-state index is 5.51. The number of hydrogen-bond donors (Lipinski definition) is 1. The summed E-state index contributed by atoms with van der Waals surface area (Å²) >= 11 is 0. The molecular formula is C11H18N2O. The van der Waals surface area contributed by atoms with Crippen molar-refractivity contribution in [3.63, 3.8) is 0 Å². The smallest absolute Gasteiger partial charge is 0.118 e. The Morgan fingerprint density at radius 3 is 2.71 bits per heavy atom. The van der Waals surface area contributed by atoms with Crippen molar-refractivity contribution in [2.24, 2.45) is 5.73 Å². The average molecular weight is 194 g/mol. The van der Waals surface area contributed by atoms with Crippen LogP contribution in [0.2, 0.25) is 0 Å². The van der Waals surface area contributed by atoms with Crippen molar-refractivity contribution in [1.82, 2.24) is 4.90 Å². The van der Waals surface area contributed by atoms with Gasteiger partial charge in [0.1, 0.15) is 11.5 Å². The average Bonchev–Trinajstić information content (AvgIpc) is 2.65. The topological polar surface area (TPSA) is 42.4 Å². The van der Waals surface area contributed by atoms with Gasteiger partial charge in [0.05, 0.1) is 13.1 Å². The molecule has 1 heterocycles. The van der Waals surface area contributed by atoms with Crippen molar-refractivity contribution in [2.45, 2.75) is 20.0 Å². The Kier molecular flexibility index (Phi) is 4.43. The van der Waals surface area contributed by atoms with Crippen LogP contribution in [0.25, 0.3) is 0 Å². The minimum Gasteiger partial charge on any atom is -0.463 e. The third kappa shape index (κ3) is 3.01. The molecule has 14 heavy (non-hydrogen) atoms. The second-order valence-corrected chi connectivity index (χ2v) is 3.19. The zero-order valence-electron chi connectivity index (χ0n) is 8.70. The summed E-state index contributed by atoms with van der Waals surface area (Å²) in [5.74, 6) is 1.81. The number of rotatable bonds is 6. The van der Waals surface area contributed by atoms with Crippen LogP contribution in [0, 0.1) is 0 Å². The Bertz CT molecular complexity index is 281. The third-order valence-electron chi connectivity index (χ3n) is 2.13. The van der Waals surface area contributed by atoms with Gasteiger partial charge >= 0.3 is 0 Å². The lowest BCUT2D eigenvalue weighted by Crippen LogP contribution is -2.22. The van der Waals surface area contributed by atoms with E-state index in [2.05, 4.69) is 18.4 Å². The molecule has 0 atom stereocenters. The first-order chi connectivity index (χ1) is 6.80. The summed E-state index contributed by atoms with van der Waals surface area (Å²) in [5.41, 5.74) is 5.46. The number of nitrogens with zero attached hydrogens (tertiary/aromatic N) is 1. The summed E-state index contributed by atoms with van der Waals surface area (Å²) in [6.07, 6.45) is 1.90. The minimum atomic E-state index is 0.466. The molecule has 0 aliphatic heterocycles. The van der Waals surface area contributed by atoms with Crippen molar-refractivity contribution in [1.29, 1.82) is 0 Å². The van der Waals surface area contributed by atoms with E-state index < -0.39 is 0 Å². The van der Waals surface area contributed by atoms with E-state index in [1.54, 1.807) is 0 Å². The Morgan fingerprint density at radius 1 is 1.50 bits per heavy atom. The molecule has 0 bridgehead atoms. The van der Waals surface area contributed by atoms with Crippen LogP contribution in [0.5, 0.6) is 0 Å². The van der Waals surface area contributed by atoms with Crippen LogP contribution in [0.3, 0.4) is 0 Å². The molecule has 0 aliphatic carbocycles. The summed E-state index contributed by atoms with van der Waals surface area (Å²) in [6.45, 7) is 9.00. The molecule has 2 N–H and O–H groups in total. The predicted molar refractivity (Wildman–Crippen MR) is 57.7 cm³/mol. The third-order valence-corrected chi connectivity index (χ3v) is 2.13. The molecule has 0 saturated carbocycles. The van der Waals surface area contributed by atoms with Gasteiger partial charge in [0.15, 0.2) is 0 Å². The highest BCUT2D eigenvalue weighted by atomic mass is 16.3. The fraction of sp³-hybridized carbons (Fsp3) is 0.455. The van der Waals surface area contributed by atoms with E-state index in [9.17, 15) is 0 Å². The van der Waals surface area contributed by atoms with Gasteiger partial charge in [-0.2, -0.15) is 0 Å². The van der Waals surface area contributed by atoms with E-state index in [-0.39, 0.29) is 0 Å². The van der Waals surface area contributed by atoms with E-state index in [1.165, 1.54) is 0 Å². The Balaban J connectivity index is 2.52. The lowest BCUT2D eigenvalue weighted by atomic mass is 10.3. The van der Waals surface area contributed by atoms with Crippen LogP contribution in [-0.4, -0.2) is 18.0 Å². The Labute approximate surface area is 85.2 Å². The molecule has 1 rings (SSSR count). The summed E-state index contributed by atoms with van der Waals surface area (Å²) in [4.78, 5) is 2.24. The molecule has 1 aromatic rings. The molecule has 0 fully saturated rings. The predicted octanol–water partition coefficient (Wildman–Crippen LogP) is 1.75. The van der Waals surface area contributed by atoms with Gasteiger partial charge in [0, 0.05) is 6.54 Å². The quantitative estimate of drug-likeness (QED) is 0.701. The van der Waals surface area contributed by atoms with E-state index in [1.807, 2.05) is 18.2 Å². The molecule has 0 aromatic carbocycles. The fourth-order valence-corrected chi connectivity index (χ4v) is 1.33. The van der Waals surface area contributed by atoms with Gasteiger partial charge < -0.3 is 10.2 Å². The van der Waals surface area contributed by atoms with Gasteiger partial charge in [0.2, 0.25) is 0 Å². The van der Waals surface area contributed by atoms with Gasteiger partial charge in [-0.05, 0) is 18.7 Å². The Morgan fingerprint density at radius 2 is 2.21 bits per heavy atom. The van der Waals surface area contributed by atoms with Crippen molar-refractivity contribution in [3.05, 3.63) is 36.3 Å². The molecule has 0 aliphatic rings. The second-order valence-electron chi connectivity index (χ2n) is 3.19. The second kappa shape index (κ2) is 5.62. The molecule has 0 unspecified atom stereocenters. The molecule has 0 radical (unpaired) electrons. The van der Waals surface area contributed by atoms with E-state index in [4.69, 9.17) is 10.2 Å². The first-order valence-electron chi connectivity index (χ1n) is 4.91. The minimum absolute atomic E-state index is 0.466. The van der Waals surface area contributed by atoms with Crippen molar-refractivity contribution < 1.29 is 4.42 Å². The van der Waals surface area contributed by atoms with Crippen molar-refractivity contribution in [2.75, 3.05) is 13.1 Å². The maximum Gasteiger partial charge on any atom is 0.118 e. The van der Waals surface area contributed by atoms with Crippen LogP contribution in [0.15, 0.2) is 29.2 Å². The fourth-order valence-electron chi connectivity index (χ4n) is 1.33. The molecule has 1 aromatic heterocycles. The summed E-state index contributed by atoms with van der Waals surface area (Å²) < 4.78 is 5.51. The van der Waals surface area contributed by atoms with Gasteiger partial charge in [-0.25, -0.2) is 0 Å². The lowest BCUT2D eigenvalue weighted by molar-refractivity contribution is 0.278. The normalized spacial score (nSPS) is 10.8. The van der Waals surface area contributed by atoms with Crippen molar-refractivity contribution in [3.8, 4) is 0 Å². The first kappa shape index (κ1) is 11.0. The molecule has 3 heteroatoms. The molecule has 0 spiro atoms. The number of nitrogens with two attached hydrogens (primary N) is 1. The zero-order valence-corrected chi connectivity index (χ0v) is 8.70. The maximum absolute atomic E-state index is 5.51. The highest BCUT2D eigenvalue weighted by Crippen LogP contribution is 2.09. The lowest BCUT2D eigenvalue weighted by Gasteiger charge is -2.16. The van der Waals surface area contributed by atoms with Gasteiger partial charge in [-0.1, -0.05) is 13.0 Å². The molecule has 3 nitrogen and oxygen atoms in total. The molecular weight excluding hydrogens is 176 g/mol. The van der Waals surface area contributed by atoms with E-state index in [0.717, 1.165) is 31.2 Å². The van der Waals surface area contributed by atoms with Gasteiger partial charge in [-0.15, -0.1) is 6.58 Å². The molecule has 0 amide bonds. The van der Waals surface area contributed by atoms with Gasteiger partial charge in [0.25, 0.3) is 0 Å². The number of furan rings is 1. The number of hydrogen-bond acceptors (Lipinski definition) is 3. The Hall–Kier alpha value is -1.06. The SMILES string of the molecule is C=CCN(CC)Cc1ccc(CN)o1. The summed E-state index contributed by atoms with van der Waals surface area (Å²) in [5, 5.41) is 0. The zero-order chi connectivity index (χ0) is 10.4. The first-order valence-corrected chi connectivity index (χ1v) is 4.91. The van der Waals surface area contributed by atoms with E-state index in [0.29, 0.717) is 6.54 Å². The molecule has 0 saturated heterocycles. The number of likely N-dealkylation sites (N-methyl/N-ethyl adjacent to an activating group) is 1. The molecule has 78 valence electrons. The standard InChI is InChI=1S/C11H18N2O/c1-3-7-13(4-2)9-11-6-5-10(8-12)14-11/h3,5-6H,1,4,7-9,12H2,2H3. The van der Waals surface area contributed by atoms with Crippen LogP contribution in [-0.2, 0) is 13.1 Å². The highest BCUT2D eigenvalue weighted by Gasteiger charge is 2.05. The van der Waals surface area contributed by atoms with Gasteiger partial charge in [-0.3, -0.25) is 4.90 Å². The van der Waals surface area contributed by atoms with Crippen LogP contribution in [0.1, 0.15) is 18.4 Å². The van der Waals surface area contributed by atoms with Crippen LogP contribution >= 0.6 is 0 Å². The van der Waals surface area contributed by atoms with E-state index >= 15 is 0 Å². The largest absolute Gasteiger partial charge is 0.463 e. The monoisotopic (exact) mass is 194 g/mol.